The molecular weight excluding hydrogens is 453 g/mol. The quantitative estimate of drug-likeness (QED) is 0.582. The van der Waals surface area contributed by atoms with Gasteiger partial charge in [0.15, 0.2) is 6.61 Å². The number of ether oxygens (including phenoxy) is 3. The third-order valence-electron chi connectivity index (χ3n) is 5.84. The van der Waals surface area contributed by atoms with E-state index in [1.165, 1.54) is 25.3 Å². The lowest BCUT2D eigenvalue weighted by Crippen LogP contribution is -2.22. The van der Waals surface area contributed by atoms with Gasteiger partial charge in [0, 0.05) is 24.6 Å². The van der Waals surface area contributed by atoms with Gasteiger partial charge in [0.1, 0.15) is 28.7 Å². The van der Waals surface area contributed by atoms with E-state index in [1.807, 2.05) is 0 Å². The molecule has 1 aliphatic rings. The molecule has 0 aromatic heterocycles. The zero-order chi connectivity index (χ0) is 25.2. The van der Waals surface area contributed by atoms with E-state index in [0.717, 1.165) is 19.3 Å². The Morgan fingerprint density at radius 2 is 1.86 bits per heavy atom. The van der Waals surface area contributed by atoms with Gasteiger partial charge in [0.05, 0.1) is 13.2 Å². The number of amides is 1. The Hall–Kier alpha value is -3.42. The van der Waals surface area contributed by atoms with Crippen LogP contribution in [0.3, 0.4) is 0 Å². The standard InChI is InChI=1S/C27H32FNO6/c1-18-8-6-13-22(30)12-5-3-4-9-19-14-23(33-2)16-24(26(19)27(32)35-18)34-17-25(31)29-21-11-7-10-20(28)15-21/h7,10-11,14-16,18H,3-6,8-9,12-13,17H2,1-2H3,(H,29,31)/t18-/m1/s1. The summed E-state index contributed by atoms with van der Waals surface area (Å²) >= 11 is 0. The normalized spacial score (nSPS) is 17.5. The van der Waals surface area contributed by atoms with Crippen molar-refractivity contribution in [3.63, 3.8) is 0 Å². The van der Waals surface area contributed by atoms with Gasteiger partial charge in [-0.05, 0) is 68.9 Å². The van der Waals surface area contributed by atoms with E-state index in [2.05, 4.69) is 5.32 Å². The second-order valence-electron chi connectivity index (χ2n) is 8.71. The number of carbonyl (C=O) groups excluding carboxylic acids is 3. The fourth-order valence-electron chi connectivity index (χ4n) is 4.04. The summed E-state index contributed by atoms with van der Waals surface area (Å²) in [4.78, 5) is 37.6. The van der Waals surface area contributed by atoms with Crippen LogP contribution < -0.4 is 14.8 Å². The van der Waals surface area contributed by atoms with Gasteiger partial charge in [0.2, 0.25) is 0 Å². The Morgan fingerprint density at radius 3 is 2.63 bits per heavy atom. The van der Waals surface area contributed by atoms with Crippen LogP contribution in [0, 0.1) is 5.82 Å². The Balaban J connectivity index is 1.82. The molecule has 0 saturated carbocycles. The second-order valence-corrected chi connectivity index (χ2v) is 8.71. The van der Waals surface area contributed by atoms with E-state index in [-0.39, 0.29) is 29.8 Å². The zero-order valence-electron chi connectivity index (χ0n) is 20.2. The van der Waals surface area contributed by atoms with Gasteiger partial charge < -0.3 is 19.5 Å². The number of benzene rings is 2. The lowest BCUT2D eigenvalue weighted by Gasteiger charge is -2.19. The SMILES string of the molecule is COc1cc2c(c(OCC(=O)Nc3cccc(F)c3)c1)C(=O)O[C@H](C)CCCC(=O)CCCCC2. The molecule has 0 saturated heterocycles. The van der Waals surface area contributed by atoms with Crippen molar-refractivity contribution < 1.29 is 33.0 Å². The molecule has 1 amide bonds. The van der Waals surface area contributed by atoms with Gasteiger partial charge in [-0.25, -0.2) is 9.18 Å². The summed E-state index contributed by atoms with van der Waals surface area (Å²) in [5.74, 6) is -0.590. The summed E-state index contributed by atoms with van der Waals surface area (Å²) in [5.41, 5.74) is 1.27. The predicted molar refractivity (Wildman–Crippen MR) is 129 cm³/mol. The van der Waals surface area contributed by atoms with Crippen molar-refractivity contribution in [2.45, 2.75) is 64.4 Å². The minimum absolute atomic E-state index is 0.188. The minimum atomic E-state index is -0.543. The number of methoxy groups -OCH3 is 1. The number of hydrogen-bond donors (Lipinski definition) is 1. The summed E-state index contributed by atoms with van der Waals surface area (Å²) in [6.07, 6.45) is 4.91. The van der Waals surface area contributed by atoms with Gasteiger partial charge >= 0.3 is 5.97 Å². The molecule has 0 fully saturated rings. The number of carbonyl (C=O) groups is 3. The number of ketones is 1. The van der Waals surface area contributed by atoms with E-state index in [4.69, 9.17) is 14.2 Å². The summed E-state index contributed by atoms with van der Waals surface area (Å²) in [7, 11) is 1.51. The molecule has 2 aromatic carbocycles. The first kappa shape index (κ1) is 26.2. The number of aryl methyl sites for hydroxylation is 1. The molecule has 0 spiro atoms. The van der Waals surface area contributed by atoms with Gasteiger partial charge in [0.25, 0.3) is 5.91 Å². The van der Waals surface area contributed by atoms with Crippen molar-refractivity contribution in [3.05, 3.63) is 53.3 Å². The lowest BCUT2D eigenvalue weighted by molar-refractivity contribution is -0.119. The van der Waals surface area contributed by atoms with Crippen LogP contribution in [0.2, 0.25) is 0 Å². The topological polar surface area (TPSA) is 90.9 Å². The van der Waals surface area contributed by atoms with Crippen LogP contribution in [0.4, 0.5) is 10.1 Å². The number of halogens is 1. The Labute approximate surface area is 204 Å². The maximum absolute atomic E-state index is 13.4. The average molecular weight is 486 g/mol. The summed E-state index contributed by atoms with van der Waals surface area (Å²) in [6.45, 7) is 1.41. The largest absolute Gasteiger partial charge is 0.497 e. The van der Waals surface area contributed by atoms with E-state index in [9.17, 15) is 18.8 Å². The number of hydrogen-bond acceptors (Lipinski definition) is 6. The number of Topliss-reactive ketones (excluding diaryl/α,β-unsaturated/α-hetero) is 1. The monoisotopic (exact) mass is 485 g/mol. The molecule has 1 aliphatic heterocycles. The van der Waals surface area contributed by atoms with Crippen LogP contribution in [-0.2, 0) is 20.7 Å². The molecule has 188 valence electrons. The number of nitrogens with one attached hydrogen (secondary N) is 1. The zero-order valence-corrected chi connectivity index (χ0v) is 20.2. The molecule has 35 heavy (non-hydrogen) atoms. The highest BCUT2D eigenvalue weighted by atomic mass is 19.1. The first-order valence-corrected chi connectivity index (χ1v) is 12.0. The molecule has 1 atom stereocenters. The average Bonchev–Trinajstić information content (AvgIpc) is 2.81. The molecule has 8 heteroatoms. The maximum Gasteiger partial charge on any atom is 0.342 e. The van der Waals surface area contributed by atoms with Crippen molar-refractivity contribution in [1.29, 1.82) is 0 Å². The summed E-state index contributed by atoms with van der Waals surface area (Å²) in [6, 6.07) is 8.87. The Morgan fingerprint density at radius 1 is 1.09 bits per heavy atom. The van der Waals surface area contributed by atoms with Crippen LogP contribution in [0.25, 0.3) is 0 Å². The van der Waals surface area contributed by atoms with Crippen LogP contribution in [0.1, 0.15) is 67.8 Å². The smallest absolute Gasteiger partial charge is 0.342 e. The molecule has 0 aliphatic carbocycles. The molecule has 0 radical (unpaired) electrons. The first-order valence-electron chi connectivity index (χ1n) is 12.0. The number of rotatable bonds is 5. The van der Waals surface area contributed by atoms with Crippen molar-refractivity contribution in [2.24, 2.45) is 0 Å². The molecule has 2 aromatic rings. The van der Waals surface area contributed by atoms with Crippen molar-refractivity contribution in [3.8, 4) is 11.5 Å². The number of esters is 1. The molecule has 1 heterocycles. The van der Waals surface area contributed by atoms with Crippen molar-refractivity contribution in [1.82, 2.24) is 0 Å². The van der Waals surface area contributed by atoms with Crippen LogP contribution in [0.15, 0.2) is 36.4 Å². The minimum Gasteiger partial charge on any atom is -0.497 e. The van der Waals surface area contributed by atoms with Gasteiger partial charge in [-0.1, -0.05) is 12.5 Å². The molecule has 0 unspecified atom stereocenters. The summed E-state index contributed by atoms with van der Waals surface area (Å²) in [5, 5.41) is 2.57. The third-order valence-corrected chi connectivity index (χ3v) is 5.84. The molecule has 1 N–H and O–H groups in total. The van der Waals surface area contributed by atoms with Crippen LogP contribution in [-0.4, -0.2) is 37.5 Å². The van der Waals surface area contributed by atoms with Gasteiger partial charge in [-0.15, -0.1) is 0 Å². The van der Waals surface area contributed by atoms with Crippen molar-refractivity contribution >= 4 is 23.3 Å². The number of anilines is 1. The van der Waals surface area contributed by atoms with E-state index >= 15 is 0 Å². The van der Waals surface area contributed by atoms with Crippen LogP contribution >= 0.6 is 0 Å². The van der Waals surface area contributed by atoms with E-state index < -0.39 is 17.7 Å². The van der Waals surface area contributed by atoms with Gasteiger partial charge in [-0.3, -0.25) is 9.59 Å². The molecule has 0 bridgehead atoms. The van der Waals surface area contributed by atoms with E-state index in [1.54, 1.807) is 25.1 Å². The van der Waals surface area contributed by atoms with Crippen molar-refractivity contribution in [2.75, 3.05) is 19.0 Å². The highest BCUT2D eigenvalue weighted by molar-refractivity contribution is 5.95. The van der Waals surface area contributed by atoms with E-state index in [0.29, 0.717) is 49.1 Å². The number of cyclic esters (lactones) is 1. The highest BCUT2D eigenvalue weighted by Crippen LogP contribution is 2.32. The molecule has 3 rings (SSSR count). The fraction of sp³-hybridized carbons (Fsp3) is 0.444. The first-order chi connectivity index (χ1) is 16.9. The Kier molecular flexibility index (Phi) is 9.64. The molecular formula is C27H32FNO6. The Bertz CT molecular complexity index is 1050. The second kappa shape index (κ2) is 12.9. The third kappa shape index (κ3) is 8.09. The fourth-order valence-corrected chi connectivity index (χ4v) is 4.04. The highest BCUT2D eigenvalue weighted by Gasteiger charge is 2.24. The van der Waals surface area contributed by atoms with Crippen LogP contribution in [0.5, 0.6) is 11.5 Å². The lowest BCUT2D eigenvalue weighted by atomic mass is 9.98. The molecule has 7 nitrogen and oxygen atoms in total. The van der Waals surface area contributed by atoms with Gasteiger partial charge in [-0.2, -0.15) is 0 Å². The predicted octanol–water partition coefficient (Wildman–Crippen LogP) is 5.25. The number of fused-ring (bicyclic) bond motifs is 1. The maximum atomic E-state index is 13.4. The summed E-state index contributed by atoms with van der Waals surface area (Å²) < 4.78 is 30.2.